The van der Waals surface area contributed by atoms with E-state index in [1.807, 2.05) is 0 Å². The quantitative estimate of drug-likeness (QED) is 0.690. The van der Waals surface area contributed by atoms with E-state index in [0.717, 1.165) is 0 Å². The van der Waals surface area contributed by atoms with Gasteiger partial charge in [-0.05, 0) is 42.5 Å². The van der Waals surface area contributed by atoms with E-state index in [9.17, 15) is 14.7 Å². The minimum atomic E-state index is -0.597. The number of carbonyl (C=O) groups is 2. The number of esters is 1. The average molecular weight is 286 g/mol. The number of phenolic OH excluding ortho intramolecular Hbond substituents is 1. The molecule has 0 aliphatic heterocycles. The third-order valence-corrected chi connectivity index (χ3v) is 3.01. The Morgan fingerprint density at radius 2 is 1.62 bits per heavy atom. The highest BCUT2D eigenvalue weighted by atomic mass is 16.5. The smallest absolute Gasteiger partial charge is 0.338 e. The molecule has 0 aliphatic carbocycles. The second-order valence-corrected chi connectivity index (χ2v) is 4.28. The first-order chi connectivity index (χ1) is 10.1. The Kier molecular flexibility index (Phi) is 4.23. The van der Waals surface area contributed by atoms with E-state index >= 15 is 0 Å². The number of benzene rings is 2. The zero-order chi connectivity index (χ0) is 15.4. The van der Waals surface area contributed by atoms with Crippen LogP contribution in [0.2, 0.25) is 0 Å². The van der Waals surface area contributed by atoms with Gasteiger partial charge in [0.2, 0.25) is 0 Å². The predicted molar refractivity (Wildman–Crippen MR) is 75.9 cm³/mol. The summed E-state index contributed by atoms with van der Waals surface area (Å²) in [6.45, 7) is 0. The molecule has 0 saturated heterocycles. The number of ether oxygens (including phenoxy) is 2. The monoisotopic (exact) mass is 286 g/mol. The molecule has 5 nitrogen and oxygen atoms in total. The number of carbonyl (C=O) groups excluding carboxylic acids is 2. The van der Waals surface area contributed by atoms with Gasteiger partial charge in [0.15, 0.2) is 5.78 Å². The second kappa shape index (κ2) is 6.09. The number of phenols is 1. The average Bonchev–Trinajstić information content (AvgIpc) is 2.53. The molecule has 0 amide bonds. The lowest BCUT2D eigenvalue weighted by Gasteiger charge is -2.09. The van der Waals surface area contributed by atoms with E-state index in [0.29, 0.717) is 11.3 Å². The van der Waals surface area contributed by atoms with Crippen LogP contribution in [0.15, 0.2) is 42.5 Å². The molecule has 2 aromatic rings. The van der Waals surface area contributed by atoms with Crippen molar-refractivity contribution in [3.63, 3.8) is 0 Å². The maximum Gasteiger partial charge on any atom is 0.338 e. The zero-order valence-electron chi connectivity index (χ0n) is 11.6. The standard InChI is InChI=1S/C16H14O5/c1-20-12-7-8-13(16(19)21-2)14(9-12)15(18)10-3-5-11(17)6-4-10/h3-9,17H,1-2H3. The Hall–Kier alpha value is -2.82. The van der Waals surface area contributed by atoms with Crippen molar-refractivity contribution in [2.24, 2.45) is 0 Å². The minimum absolute atomic E-state index is 0.0605. The van der Waals surface area contributed by atoms with Crippen molar-refractivity contribution < 1.29 is 24.2 Å². The molecule has 0 saturated carbocycles. The van der Waals surface area contributed by atoms with Gasteiger partial charge in [-0.15, -0.1) is 0 Å². The van der Waals surface area contributed by atoms with Crippen molar-refractivity contribution in [3.8, 4) is 11.5 Å². The first kappa shape index (κ1) is 14.6. The summed E-state index contributed by atoms with van der Waals surface area (Å²) in [7, 11) is 2.73. The van der Waals surface area contributed by atoms with E-state index in [1.54, 1.807) is 6.07 Å². The Morgan fingerprint density at radius 3 is 2.19 bits per heavy atom. The van der Waals surface area contributed by atoms with Crippen molar-refractivity contribution in [1.82, 2.24) is 0 Å². The third-order valence-electron chi connectivity index (χ3n) is 3.01. The fourth-order valence-electron chi connectivity index (χ4n) is 1.89. The van der Waals surface area contributed by atoms with Crippen LogP contribution < -0.4 is 4.74 Å². The highest BCUT2D eigenvalue weighted by Gasteiger charge is 2.20. The number of aromatic hydroxyl groups is 1. The Bertz CT molecular complexity index is 674. The molecule has 0 unspecified atom stereocenters. The van der Waals surface area contributed by atoms with Gasteiger partial charge < -0.3 is 14.6 Å². The summed E-state index contributed by atoms with van der Waals surface area (Å²) in [5.74, 6) is -0.427. The fourth-order valence-corrected chi connectivity index (χ4v) is 1.89. The Morgan fingerprint density at radius 1 is 0.952 bits per heavy atom. The van der Waals surface area contributed by atoms with Crippen LogP contribution in [0.3, 0.4) is 0 Å². The summed E-state index contributed by atoms with van der Waals surface area (Å²) in [6, 6.07) is 10.3. The van der Waals surface area contributed by atoms with E-state index in [-0.39, 0.29) is 22.7 Å². The van der Waals surface area contributed by atoms with Crippen LogP contribution >= 0.6 is 0 Å². The first-order valence-electron chi connectivity index (χ1n) is 6.17. The number of hydrogen-bond acceptors (Lipinski definition) is 5. The molecule has 0 aliphatic rings. The molecule has 5 heteroatoms. The van der Waals surface area contributed by atoms with Crippen LogP contribution in [0.4, 0.5) is 0 Å². The molecule has 21 heavy (non-hydrogen) atoms. The molecule has 0 aromatic heterocycles. The molecule has 0 atom stereocenters. The predicted octanol–water partition coefficient (Wildman–Crippen LogP) is 2.42. The number of ketones is 1. The minimum Gasteiger partial charge on any atom is -0.508 e. The van der Waals surface area contributed by atoms with Crippen LogP contribution in [0.5, 0.6) is 11.5 Å². The van der Waals surface area contributed by atoms with Crippen LogP contribution in [0.25, 0.3) is 0 Å². The topological polar surface area (TPSA) is 72.8 Å². The number of hydrogen-bond donors (Lipinski definition) is 1. The SMILES string of the molecule is COC(=O)c1ccc(OC)cc1C(=O)c1ccc(O)cc1. The summed E-state index contributed by atoms with van der Waals surface area (Å²) >= 11 is 0. The highest BCUT2D eigenvalue weighted by Crippen LogP contribution is 2.22. The molecule has 108 valence electrons. The Balaban J connectivity index is 2.51. The fraction of sp³-hybridized carbons (Fsp3) is 0.125. The lowest BCUT2D eigenvalue weighted by molar-refractivity contribution is 0.0597. The second-order valence-electron chi connectivity index (χ2n) is 4.28. The van der Waals surface area contributed by atoms with Crippen molar-refractivity contribution in [2.45, 2.75) is 0 Å². The lowest BCUT2D eigenvalue weighted by atomic mass is 9.98. The van der Waals surface area contributed by atoms with Crippen molar-refractivity contribution in [2.75, 3.05) is 14.2 Å². The van der Waals surface area contributed by atoms with E-state index in [1.165, 1.54) is 50.6 Å². The van der Waals surface area contributed by atoms with Crippen molar-refractivity contribution in [3.05, 3.63) is 59.2 Å². The first-order valence-corrected chi connectivity index (χ1v) is 6.17. The zero-order valence-corrected chi connectivity index (χ0v) is 11.6. The highest BCUT2D eigenvalue weighted by molar-refractivity contribution is 6.14. The van der Waals surface area contributed by atoms with Crippen LogP contribution in [-0.4, -0.2) is 31.1 Å². The summed E-state index contributed by atoms with van der Waals surface area (Å²) in [4.78, 5) is 24.3. The van der Waals surface area contributed by atoms with E-state index in [4.69, 9.17) is 4.74 Å². The maximum atomic E-state index is 12.5. The summed E-state index contributed by atoms with van der Waals surface area (Å²) in [5.41, 5.74) is 0.703. The molecule has 2 rings (SSSR count). The van der Waals surface area contributed by atoms with E-state index in [2.05, 4.69) is 4.74 Å². The van der Waals surface area contributed by atoms with Gasteiger partial charge in [0.05, 0.1) is 19.8 Å². The molecule has 2 aromatic carbocycles. The van der Waals surface area contributed by atoms with Crippen LogP contribution in [0, 0.1) is 0 Å². The van der Waals surface area contributed by atoms with Crippen LogP contribution in [0.1, 0.15) is 26.3 Å². The molecular weight excluding hydrogens is 272 g/mol. The number of rotatable bonds is 4. The molecular formula is C16H14O5. The van der Waals surface area contributed by atoms with Crippen LogP contribution in [-0.2, 0) is 4.74 Å². The van der Waals surface area contributed by atoms with Gasteiger partial charge in [0, 0.05) is 11.1 Å². The van der Waals surface area contributed by atoms with Crippen molar-refractivity contribution >= 4 is 11.8 Å². The third kappa shape index (κ3) is 3.02. The molecule has 0 heterocycles. The summed E-state index contributed by atoms with van der Waals surface area (Å²) in [6.07, 6.45) is 0. The summed E-state index contributed by atoms with van der Waals surface area (Å²) in [5, 5.41) is 9.27. The molecule has 0 bridgehead atoms. The van der Waals surface area contributed by atoms with Gasteiger partial charge in [-0.1, -0.05) is 0 Å². The normalized spacial score (nSPS) is 10.0. The number of methoxy groups -OCH3 is 2. The molecule has 1 N–H and O–H groups in total. The largest absolute Gasteiger partial charge is 0.508 e. The van der Waals surface area contributed by atoms with Gasteiger partial charge in [0.1, 0.15) is 11.5 Å². The molecule has 0 fully saturated rings. The van der Waals surface area contributed by atoms with Crippen molar-refractivity contribution in [1.29, 1.82) is 0 Å². The van der Waals surface area contributed by atoms with Gasteiger partial charge in [0.25, 0.3) is 0 Å². The summed E-state index contributed by atoms with van der Waals surface area (Å²) < 4.78 is 9.77. The van der Waals surface area contributed by atoms with Gasteiger partial charge in [-0.3, -0.25) is 4.79 Å². The van der Waals surface area contributed by atoms with Gasteiger partial charge >= 0.3 is 5.97 Å². The molecule has 0 radical (unpaired) electrons. The maximum absolute atomic E-state index is 12.5. The molecule has 0 spiro atoms. The van der Waals surface area contributed by atoms with Gasteiger partial charge in [-0.25, -0.2) is 4.79 Å². The van der Waals surface area contributed by atoms with E-state index < -0.39 is 5.97 Å². The lowest BCUT2D eigenvalue weighted by Crippen LogP contribution is -2.11. The Labute approximate surface area is 121 Å². The van der Waals surface area contributed by atoms with Gasteiger partial charge in [-0.2, -0.15) is 0 Å².